The van der Waals surface area contributed by atoms with E-state index in [4.69, 9.17) is 47.4 Å². The normalized spacial score (nSPS) is 15.4. The van der Waals surface area contributed by atoms with Gasteiger partial charge in [0.15, 0.2) is 57.8 Å². The van der Waals surface area contributed by atoms with Gasteiger partial charge in [-0.1, -0.05) is 137 Å². The molecular weight excluding hydrogens is 1780 g/mol. The number of carbonyl (C=O) groups excluding carboxylic acids is 2. The summed E-state index contributed by atoms with van der Waals surface area (Å²) in [5.41, 5.74) is 3.61. The third kappa shape index (κ3) is 25.3. The van der Waals surface area contributed by atoms with Crippen molar-refractivity contribution in [2.45, 2.75) is 198 Å². The van der Waals surface area contributed by atoms with E-state index in [0.29, 0.717) is 54.5 Å². The molecule has 4 aliphatic heterocycles. The van der Waals surface area contributed by atoms with Crippen molar-refractivity contribution in [3.63, 3.8) is 0 Å². The lowest BCUT2D eigenvalue weighted by Gasteiger charge is -2.23. The number of esters is 1. The number of hydrogen-bond donors (Lipinski definition) is 0. The van der Waals surface area contributed by atoms with Crippen LogP contribution in [0.5, 0.6) is 40.2 Å². The Morgan fingerprint density at radius 1 is 0.504 bits per heavy atom. The molecule has 2 fully saturated rings. The highest BCUT2D eigenvalue weighted by Gasteiger charge is 2.43. The van der Waals surface area contributed by atoms with Crippen molar-refractivity contribution in [2.24, 2.45) is 0 Å². The number of hydrogen-bond acceptors (Lipinski definition) is 19. The zero-order valence-corrected chi connectivity index (χ0v) is 78.7. The highest BCUT2D eigenvalue weighted by Crippen LogP contribution is 2.52. The van der Waals surface area contributed by atoms with Gasteiger partial charge in [-0.15, -0.1) is 0 Å². The Morgan fingerprint density at radius 2 is 0.916 bits per heavy atom. The van der Waals surface area contributed by atoms with Crippen molar-refractivity contribution in [3.05, 3.63) is 337 Å². The quantitative estimate of drug-likeness (QED) is 0.0265. The van der Waals surface area contributed by atoms with Gasteiger partial charge in [0.1, 0.15) is 107 Å². The van der Waals surface area contributed by atoms with Gasteiger partial charge < -0.3 is 56.5 Å². The minimum absolute atomic E-state index is 0.158. The van der Waals surface area contributed by atoms with Crippen molar-refractivity contribution in [3.8, 4) is 45.1 Å². The van der Waals surface area contributed by atoms with Gasteiger partial charge in [-0.3, -0.25) is 0 Å². The van der Waals surface area contributed by atoms with E-state index in [-0.39, 0.29) is 62.3 Å². The molecule has 4 atom stereocenters. The van der Waals surface area contributed by atoms with Gasteiger partial charge in [0.05, 0.1) is 37.0 Å². The molecule has 18 nitrogen and oxygen atoms in total. The molecule has 131 heavy (non-hydrogen) atoms. The molecule has 0 amide bonds. The lowest BCUT2D eigenvalue weighted by atomic mass is 9.98. The van der Waals surface area contributed by atoms with E-state index >= 15 is 0 Å². The van der Waals surface area contributed by atoms with Crippen molar-refractivity contribution < 1.29 is 91.7 Å². The van der Waals surface area contributed by atoms with Crippen molar-refractivity contribution >= 4 is 96.6 Å². The van der Waals surface area contributed by atoms with Crippen LogP contribution in [0.2, 0.25) is 0 Å². The molecule has 0 saturated carbocycles. The van der Waals surface area contributed by atoms with Crippen molar-refractivity contribution in [1.29, 1.82) is 0 Å². The van der Waals surface area contributed by atoms with Crippen LogP contribution in [0.25, 0.3) is 25.1 Å². The van der Waals surface area contributed by atoms with Gasteiger partial charge in [-0.2, -0.15) is 0 Å². The summed E-state index contributed by atoms with van der Waals surface area (Å²) in [5, 5.41) is 1.54. The smallest absolute Gasteiger partial charge is 0.511 e. The summed E-state index contributed by atoms with van der Waals surface area (Å²) in [6.07, 6.45) is 4.41. The van der Waals surface area contributed by atoms with Crippen LogP contribution in [0.4, 0.5) is 13.6 Å². The average Bonchev–Trinajstić information content (AvgIpc) is 1.60. The van der Waals surface area contributed by atoms with E-state index in [9.17, 15) is 44.3 Å². The number of carbonyl (C=O) groups is 2. The minimum atomic E-state index is -4.41. The SMILES string of the molecule is CC(C)(C)OC(=O)OCOc1ccc([S+]2c3ccccc3Oc3ccccc32)cc1.CC1(C)CC(Oc2ccc([S+]3c4ccccc4Sc4ccccc43)cc2)C(=O)O1.CCC(C)c1ccc(COc2ccc(S(=O)(=O)[O-])cc2)cc1.CCC(C)c1ccc(COc2ccc(S(=O)(=O)[O-])cc2)cc1.Fc1ccc2c(c1)c1cc(F)ccc1[s+]2-c1ccc(OC2CCCCO2)cc1. The molecule has 26 heteroatoms. The second-order valence-corrected chi connectivity index (χ2v) is 42.6. The number of halogens is 2. The molecule has 0 aliphatic carbocycles. The Balaban J connectivity index is 0.000000133. The fourth-order valence-electron chi connectivity index (χ4n) is 14.6. The first-order valence-electron chi connectivity index (χ1n) is 43.0. The maximum absolute atomic E-state index is 13.8. The maximum Gasteiger partial charge on any atom is 0.511 e. The number of cyclic esters (lactones) is 1. The predicted octanol–water partition coefficient (Wildman–Crippen LogP) is 26.2. The monoisotopic (exact) mass is 1880 g/mol. The molecule has 18 rings (SSSR count). The number of benzene rings is 13. The van der Waals surface area contributed by atoms with Crippen molar-refractivity contribution in [2.75, 3.05) is 13.4 Å². The van der Waals surface area contributed by atoms with Crippen LogP contribution in [0.1, 0.15) is 135 Å². The standard InChI is InChI=1S/C24H23O5S.C24H21O3S2.C23H19F2O2S.2C17H20O4S/c1-24(2,3)29-23(25)27-16-26-17-12-14-18(15-13-17)30-21-10-6-4-8-19(21)28-20-9-5-7-11-22(20)30;1-24(2)15-18(23(25)27-24)26-16-11-13-17(14-12-16)29-21-9-5-3-7-19(21)28-20-8-4-6-10-22(20)29;24-15-4-10-21-19(13-15)20-14-16(25)5-11-22(20)28(21)18-8-6-17(7-9-18)27-23-3-1-2-12-26-23;2*1-3-13(2)15-6-4-14(5-7-15)12-21-16-8-10-17(11-9-16)22(18,19)20/h4-15H,16H2,1-3H3;3-14,18H,15H2,1-2H3;4-11,13-14,23H,1-3,12H2;2*4-11,13H,3,12H2,1-2H3,(H,18,19,20)/q3*+1;;/p-2. The predicted molar refractivity (Wildman–Crippen MR) is 506 cm³/mol. The summed E-state index contributed by atoms with van der Waals surface area (Å²) in [6.45, 7) is 19.2. The first-order valence-corrected chi connectivity index (χ1v) is 50.3. The molecule has 678 valence electrons. The third-order valence-corrected chi connectivity index (χ3v) is 31.7. The molecule has 5 heterocycles. The molecule has 0 N–H and O–H groups in total. The molecule has 0 radical (unpaired) electrons. The summed E-state index contributed by atoms with van der Waals surface area (Å²) in [7, 11) is -9.64. The van der Waals surface area contributed by atoms with Gasteiger partial charge in [-0.05, 0) is 276 Å². The van der Waals surface area contributed by atoms with Crippen LogP contribution >= 0.6 is 22.2 Å². The van der Waals surface area contributed by atoms with Crippen LogP contribution in [-0.4, -0.2) is 75.1 Å². The van der Waals surface area contributed by atoms with E-state index in [0.717, 1.165) is 107 Å². The second-order valence-electron chi connectivity index (χ2n) is 32.9. The van der Waals surface area contributed by atoms with Crippen LogP contribution in [0.3, 0.4) is 0 Å². The van der Waals surface area contributed by atoms with E-state index in [1.54, 1.807) is 20.8 Å². The Labute approximate surface area is 776 Å². The molecule has 4 aliphatic rings. The first-order chi connectivity index (χ1) is 62.9. The average molecular weight is 1880 g/mol. The molecule has 4 unspecified atom stereocenters. The molecule has 13 aromatic carbocycles. The van der Waals surface area contributed by atoms with Crippen LogP contribution in [0.15, 0.2) is 352 Å². The third-order valence-electron chi connectivity index (χ3n) is 21.7. The fourth-order valence-corrected chi connectivity index (χ4v) is 23.8. The molecule has 1 aromatic heterocycles. The Hall–Kier alpha value is -11.7. The fraction of sp³-hybridized carbons (Fsp3) is 0.238. The maximum atomic E-state index is 13.8. The summed E-state index contributed by atoms with van der Waals surface area (Å²) < 4.78 is 150. The lowest BCUT2D eigenvalue weighted by Crippen LogP contribution is -2.25. The van der Waals surface area contributed by atoms with Gasteiger partial charge in [-0.25, -0.2) is 35.2 Å². The summed E-state index contributed by atoms with van der Waals surface area (Å²) in [5.74, 6) is 5.07. The number of fused-ring (bicyclic) bond motifs is 7. The molecule has 0 spiro atoms. The number of thiophene rings is 1. The summed E-state index contributed by atoms with van der Waals surface area (Å²) in [6, 6.07) is 94.4. The van der Waals surface area contributed by atoms with Gasteiger partial charge in [0.2, 0.25) is 16.6 Å². The van der Waals surface area contributed by atoms with Crippen LogP contribution in [0, 0.1) is 11.6 Å². The minimum Gasteiger partial charge on any atom is -0.744 e. The van der Waals surface area contributed by atoms with Crippen LogP contribution < -0.4 is 28.4 Å². The van der Waals surface area contributed by atoms with Crippen LogP contribution in [-0.2, 0) is 79.0 Å². The van der Waals surface area contributed by atoms with E-state index in [2.05, 4.69) is 125 Å². The molecular formula is C105H101F2O18S6+. The molecule has 0 bridgehead atoms. The number of rotatable bonds is 22. The van der Waals surface area contributed by atoms with E-state index in [1.807, 2.05) is 159 Å². The second kappa shape index (κ2) is 43.1. The summed E-state index contributed by atoms with van der Waals surface area (Å²) >= 11 is 1.84. The van der Waals surface area contributed by atoms with Gasteiger partial charge in [0.25, 0.3) is 0 Å². The topological polar surface area (TPSA) is 241 Å². The Kier molecular flexibility index (Phi) is 31.4. The molecule has 2 saturated heterocycles. The highest BCUT2D eigenvalue weighted by molar-refractivity contribution is 8.04. The number of ether oxygens (including phenoxy) is 10. The van der Waals surface area contributed by atoms with E-state index in [1.165, 1.54) is 108 Å². The first kappa shape index (κ1) is 95.4. The highest BCUT2D eigenvalue weighted by atomic mass is 32.2. The lowest BCUT2D eigenvalue weighted by molar-refractivity contribution is -0.150. The number of para-hydroxylation sites is 2. The van der Waals surface area contributed by atoms with Gasteiger partial charge >= 0.3 is 12.1 Å². The molecule has 14 aromatic rings. The Bertz CT molecular complexity index is 6210. The van der Waals surface area contributed by atoms with Gasteiger partial charge in [0, 0.05) is 47.6 Å². The zero-order valence-electron chi connectivity index (χ0n) is 73.8. The zero-order chi connectivity index (χ0) is 92.6. The largest absolute Gasteiger partial charge is 0.744 e. The van der Waals surface area contributed by atoms with E-state index < -0.39 is 54.2 Å². The summed E-state index contributed by atoms with van der Waals surface area (Å²) in [4.78, 5) is 34.3. The van der Waals surface area contributed by atoms with Crippen molar-refractivity contribution in [1.82, 2.24) is 0 Å². The Morgan fingerprint density at radius 3 is 1.34 bits per heavy atom.